The number of fused-ring (bicyclic) bond motifs is 1. The van der Waals surface area contributed by atoms with Crippen LogP contribution in [0.4, 0.5) is 0 Å². The summed E-state index contributed by atoms with van der Waals surface area (Å²) in [7, 11) is 0. The molecular formula is C17H16O4. The molecule has 0 spiro atoms. The van der Waals surface area contributed by atoms with E-state index in [4.69, 9.17) is 10.2 Å². The van der Waals surface area contributed by atoms with E-state index >= 15 is 0 Å². The minimum absolute atomic E-state index is 0.185. The summed E-state index contributed by atoms with van der Waals surface area (Å²) in [6, 6.07) is 14.6. The van der Waals surface area contributed by atoms with Gasteiger partial charge in [-0.2, -0.15) is 0 Å². The van der Waals surface area contributed by atoms with Crippen molar-refractivity contribution >= 4 is 10.8 Å². The van der Waals surface area contributed by atoms with Gasteiger partial charge in [-0.25, -0.2) is 0 Å². The second-order valence-corrected chi connectivity index (χ2v) is 4.62. The maximum absolute atomic E-state index is 9.38. The Bertz CT molecular complexity index is 725. The van der Waals surface area contributed by atoms with E-state index < -0.39 is 0 Å². The number of phenols is 4. The Kier molecular flexibility index (Phi) is 4.18. The molecule has 4 N–H and O–H groups in total. The van der Waals surface area contributed by atoms with E-state index in [9.17, 15) is 10.2 Å². The van der Waals surface area contributed by atoms with Gasteiger partial charge in [-0.1, -0.05) is 24.3 Å². The minimum Gasteiger partial charge on any atom is -0.508 e. The lowest BCUT2D eigenvalue weighted by Crippen LogP contribution is -1.73. The summed E-state index contributed by atoms with van der Waals surface area (Å²) in [6.45, 7) is 1.73. The molecule has 0 aromatic heterocycles. The summed E-state index contributed by atoms with van der Waals surface area (Å²) < 4.78 is 0. The Hall–Kier alpha value is -2.88. The molecule has 21 heavy (non-hydrogen) atoms. The first-order chi connectivity index (χ1) is 9.99. The molecular weight excluding hydrogens is 268 g/mol. The Labute approximate surface area is 122 Å². The Morgan fingerprint density at radius 3 is 1.57 bits per heavy atom. The summed E-state index contributed by atoms with van der Waals surface area (Å²) in [6.07, 6.45) is 0. The van der Waals surface area contributed by atoms with Gasteiger partial charge in [-0.05, 0) is 42.8 Å². The largest absolute Gasteiger partial charge is 0.508 e. The smallest absolute Gasteiger partial charge is 0.123 e. The quantitative estimate of drug-likeness (QED) is 0.475. The maximum atomic E-state index is 9.38. The SMILES string of the molecule is Cc1cc(O)ccc1O.Oc1cccc2c(O)cccc12. The molecule has 0 unspecified atom stereocenters. The van der Waals surface area contributed by atoms with E-state index in [0.717, 1.165) is 0 Å². The van der Waals surface area contributed by atoms with Gasteiger partial charge in [-0.15, -0.1) is 0 Å². The molecule has 4 heteroatoms. The fraction of sp³-hybridized carbons (Fsp3) is 0.0588. The van der Waals surface area contributed by atoms with E-state index in [2.05, 4.69) is 0 Å². The number of phenolic OH excluding ortho intramolecular Hbond substituents is 4. The molecule has 3 rings (SSSR count). The first kappa shape index (κ1) is 14.5. The molecule has 3 aromatic rings. The van der Waals surface area contributed by atoms with Crippen LogP contribution in [-0.2, 0) is 0 Å². The molecule has 3 aromatic carbocycles. The van der Waals surface area contributed by atoms with Crippen molar-refractivity contribution in [2.75, 3.05) is 0 Å². The van der Waals surface area contributed by atoms with Crippen LogP contribution in [0.15, 0.2) is 54.6 Å². The number of benzene rings is 3. The molecule has 108 valence electrons. The van der Waals surface area contributed by atoms with Gasteiger partial charge in [0.2, 0.25) is 0 Å². The number of hydrogen-bond donors (Lipinski definition) is 4. The highest BCUT2D eigenvalue weighted by molar-refractivity contribution is 5.92. The van der Waals surface area contributed by atoms with Crippen LogP contribution < -0.4 is 0 Å². The third kappa shape index (κ3) is 3.36. The molecule has 0 radical (unpaired) electrons. The molecule has 0 amide bonds. The number of aromatic hydroxyl groups is 4. The molecule has 0 saturated carbocycles. The lowest BCUT2D eigenvalue weighted by atomic mass is 10.1. The van der Waals surface area contributed by atoms with Crippen LogP contribution in [0.2, 0.25) is 0 Å². The van der Waals surface area contributed by atoms with E-state index in [1.807, 2.05) is 0 Å². The Morgan fingerprint density at radius 2 is 1.14 bits per heavy atom. The van der Waals surface area contributed by atoms with Gasteiger partial charge in [-0.3, -0.25) is 0 Å². The summed E-state index contributed by atoms with van der Waals surface area (Å²) in [5.41, 5.74) is 0.690. The summed E-state index contributed by atoms with van der Waals surface area (Å²) in [5, 5.41) is 37.9. The van der Waals surface area contributed by atoms with Crippen LogP contribution >= 0.6 is 0 Å². The van der Waals surface area contributed by atoms with Crippen molar-refractivity contribution in [3.05, 3.63) is 60.2 Å². The van der Waals surface area contributed by atoms with Crippen LogP contribution in [-0.4, -0.2) is 20.4 Å². The highest BCUT2D eigenvalue weighted by atomic mass is 16.3. The first-order valence-electron chi connectivity index (χ1n) is 6.37. The van der Waals surface area contributed by atoms with Gasteiger partial charge in [0.05, 0.1) is 0 Å². The van der Waals surface area contributed by atoms with Gasteiger partial charge < -0.3 is 20.4 Å². The van der Waals surface area contributed by atoms with E-state index in [0.29, 0.717) is 16.3 Å². The molecule has 0 aliphatic carbocycles. The third-order valence-electron chi connectivity index (χ3n) is 3.06. The fourth-order valence-corrected chi connectivity index (χ4v) is 1.92. The summed E-state index contributed by atoms with van der Waals surface area (Å²) in [4.78, 5) is 0. The normalized spacial score (nSPS) is 9.95. The number of aryl methyl sites for hydroxylation is 1. The van der Waals surface area contributed by atoms with Crippen LogP contribution in [0.25, 0.3) is 10.8 Å². The van der Waals surface area contributed by atoms with Crippen molar-refractivity contribution in [2.45, 2.75) is 6.92 Å². The Morgan fingerprint density at radius 1 is 0.619 bits per heavy atom. The van der Waals surface area contributed by atoms with Crippen LogP contribution in [0.3, 0.4) is 0 Å². The summed E-state index contributed by atoms with van der Waals surface area (Å²) in [5.74, 6) is 0.796. The van der Waals surface area contributed by atoms with Gasteiger partial charge in [0.25, 0.3) is 0 Å². The second kappa shape index (κ2) is 6.05. The predicted octanol–water partition coefficient (Wildman–Crippen LogP) is 3.66. The number of hydrogen-bond acceptors (Lipinski definition) is 4. The zero-order valence-electron chi connectivity index (χ0n) is 11.5. The molecule has 0 saturated heterocycles. The lowest BCUT2D eigenvalue weighted by Gasteiger charge is -2.01. The van der Waals surface area contributed by atoms with Gasteiger partial charge in [0.15, 0.2) is 0 Å². The van der Waals surface area contributed by atoms with Crippen molar-refractivity contribution in [3.63, 3.8) is 0 Å². The first-order valence-corrected chi connectivity index (χ1v) is 6.37. The Balaban J connectivity index is 0.000000161. The number of rotatable bonds is 0. The van der Waals surface area contributed by atoms with E-state index in [1.54, 1.807) is 43.3 Å². The molecule has 4 nitrogen and oxygen atoms in total. The lowest BCUT2D eigenvalue weighted by molar-refractivity contribution is 0.456. The van der Waals surface area contributed by atoms with Gasteiger partial charge >= 0.3 is 0 Å². The van der Waals surface area contributed by atoms with Crippen molar-refractivity contribution in [2.24, 2.45) is 0 Å². The van der Waals surface area contributed by atoms with Crippen LogP contribution in [0.5, 0.6) is 23.0 Å². The highest BCUT2D eigenvalue weighted by Crippen LogP contribution is 2.29. The topological polar surface area (TPSA) is 80.9 Å². The average Bonchev–Trinajstić information content (AvgIpc) is 2.45. The van der Waals surface area contributed by atoms with Crippen molar-refractivity contribution in [3.8, 4) is 23.0 Å². The van der Waals surface area contributed by atoms with E-state index in [-0.39, 0.29) is 23.0 Å². The van der Waals surface area contributed by atoms with Gasteiger partial charge in [0.1, 0.15) is 23.0 Å². The highest BCUT2D eigenvalue weighted by Gasteiger charge is 2.00. The van der Waals surface area contributed by atoms with Crippen molar-refractivity contribution in [1.82, 2.24) is 0 Å². The molecule has 0 fully saturated rings. The van der Waals surface area contributed by atoms with Crippen LogP contribution in [0, 0.1) is 6.92 Å². The zero-order valence-corrected chi connectivity index (χ0v) is 11.5. The predicted molar refractivity (Wildman–Crippen MR) is 81.8 cm³/mol. The molecule has 0 bridgehead atoms. The molecule has 0 atom stereocenters. The standard InChI is InChI=1S/C10H8O2.C7H8O2/c11-9-5-1-3-7-8(9)4-2-6-10(7)12;1-5-4-6(8)2-3-7(5)9/h1-6,11-12H;2-4,8-9H,1H3. The van der Waals surface area contributed by atoms with Crippen LogP contribution in [0.1, 0.15) is 5.56 Å². The van der Waals surface area contributed by atoms with Crippen molar-refractivity contribution < 1.29 is 20.4 Å². The van der Waals surface area contributed by atoms with E-state index in [1.165, 1.54) is 18.2 Å². The minimum atomic E-state index is 0.185. The molecule has 0 aliphatic rings. The third-order valence-corrected chi connectivity index (χ3v) is 3.06. The second-order valence-electron chi connectivity index (χ2n) is 4.62. The average molecular weight is 284 g/mol. The van der Waals surface area contributed by atoms with Crippen molar-refractivity contribution in [1.29, 1.82) is 0 Å². The fourth-order valence-electron chi connectivity index (χ4n) is 1.92. The molecule has 0 heterocycles. The summed E-state index contributed by atoms with van der Waals surface area (Å²) >= 11 is 0. The van der Waals surface area contributed by atoms with Gasteiger partial charge in [0, 0.05) is 10.8 Å². The zero-order chi connectivity index (χ0) is 15.4. The maximum Gasteiger partial charge on any atom is 0.123 e. The monoisotopic (exact) mass is 284 g/mol. The molecule has 0 aliphatic heterocycles.